The molecule has 0 bridgehead atoms. The van der Waals surface area contributed by atoms with Crippen LogP contribution in [0, 0.1) is 0 Å². The number of methoxy groups -OCH3 is 1. The molecule has 8 heteroatoms. The van der Waals surface area contributed by atoms with Gasteiger partial charge in [-0.15, -0.1) is 0 Å². The lowest BCUT2D eigenvalue weighted by Gasteiger charge is -2.29. The van der Waals surface area contributed by atoms with Gasteiger partial charge in [-0.1, -0.05) is 12.1 Å². The van der Waals surface area contributed by atoms with Gasteiger partial charge < -0.3 is 25.6 Å². The summed E-state index contributed by atoms with van der Waals surface area (Å²) in [5, 5.41) is 9.49. The zero-order valence-corrected chi connectivity index (χ0v) is 18.4. The minimum absolute atomic E-state index is 0.157. The van der Waals surface area contributed by atoms with Gasteiger partial charge >= 0.3 is 0 Å². The third kappa shape index (κ3) is 5.59. The zero-order valence-electron chi connectivity index (χ0n) is 18.4. The standard InChI is InChI=1S/C23H31N5O3/c1-16(2)27-19-8-5-9-25-21(19)17-6-4-7-18(22(29)26-12-15-31-3)20(17)23(30)28-13-10-24-11-14-28/h4-9,16,24,27H,10-15H2,1-3H3,(H,26,29). The number of ether oxygens (including phenoxy) is 1. The van der Waals surface area contributed by atoms with Crippen molar-refractivity contribution in [3.63, 3.8) is 0 Å². The lowest BCUT2D eigenvalue weighted by Crippen LogP contribution is -2.47. The van der Waals surface area contributed by atoms with Gasteiger partial charge in [0, 0.05) is 57.6 Å². The number of piperazine rings is 1. The van der Waals surface area contributed by atoms with Crippen LogP contribution in [-0.4, -0.2) is 74.2 Å². The molecule has 166 valence electrons. The van der Waals surface area contributed by atoms with Crippen LogP contribution in [0.1, 0.15) is 34.6 Å². The maximum absolute atomic E-state index is 13.6. The second-order valence-corrected chi connectivity index (χ2v) is 7.72. The summed E-state index contributed by atoms with van der Waals surface area (Å²) in [6, 6.07) is 9.33. The van der Waals surface area contributed by atoms with Crippen LogP contribution in [0.4, 0.5) is 5.69 Å². The molecule has 2 heterocycles. The molecule has 0 atom stereocenters. The van der Waals surface area contributed by atoms with E-state index in [9.17, 15) is 9.59 Å². The molecular weight excluding hydrogens is 394 g/mol. The Morgan fingerprint density at radius 3 is 2.68 bits per heavy atom. The summed E-state index contributed by atoms with van der Waals surface area (Å²) in [4.78, 5) is 33.0. The van der Waals surface area contributed by atoms with Gasteiger partial charge in [-0.05, 0) is 32.0 Å². The second kappa shape index (κ2) is 10.9. The number of hydrogen-bond donors (Lipinski definition) is 3. The largest absolute Gasteiger partial charge is 0.383 e. The number of benzene rings is 1. The number of nitrogens with one attached hydrogen (secondary N) is 3. The molecule has 1 aliphatic heterocycles. The summed E-state index contributed by atoms with van der Waals surface area (Å²) in [6.07, 6.45) is 1.70. The van der Waals surface area contributed by atoms with Gasteiger partial charge in [0.15, 0.2) is 0 Å². The number of aromatic nitrogens is 1. The first-order valence-electron chi connectivity index (χ1n) is 10.6. The van der Waals surface area contributed by atoms with Crippen LogP contribution in [-0.2, 0) is 4.74 Å². The number of amides is 2. The molecule has 3 rings (SSSR count). The number of hydrogen-bond acceptors (Lipinski definition) is 6. The first-order chi connectivity index (χ1) is 15.0. The third-order valence-electron chi connectivity index (χ3n) is 5.03. The lowest BCUT2D eigenvalue weighted by atomic mass is 9.95. The first-order valence-corrected chi connectivity index (χ1v) is 10.6. The summed E-state index contributed by atoms with van der Waals surface area (Å²) in [5.41, 5.74) is 2.85. The Morgan fingerprint density at radius 1 is 1.19 bits per heavy atom. The van der Waals surface area contributed by atoms with Crippen molar-refractivity contribution in [1.82, 2.24) is 20.5 Å². The van der Waals surface area contributed by atoms with Crippen LogP contribution in [0.15, 0.2) is 36.5 Å². The number of anilines is 1. The van der Waals surface area contributed by atoms with Gasteiger partial charge in [-0.2, -0.15) is 0 Å². The quantitative estimate of drug-likeness (QED) is 0.560. The normalized spacial score (nSPS) is 13.9. The summed E-state index contributed by atoms with van der Waals surface area (Å²) in [6.45, 7) is 7.50. The molecule has 1 fully saturated rings. The van der Waals surface area contributed by atoms with Crippen molar-refractivity contribution in [2.45, 2.75) is 19.9 Å². The van der Waals surface area contributed by atoms with E-state index in [0.29, 0.717) is 48.6 Å². The summed E-state index contributed by atoms with van der Waals surface area (Å²) >= 11 is 0. The predicted octanol–water partition coefficient (Wildman–Crippen LogP) is 1.99. The van der Waals surface area contributed by atoms with E-state index in [1.165, 1.54) is 0 Å². The molecule has 0 spiro atoms. The maximum atomic E-state index is 13.6. The highest BCUT2D eigenvalue weighted by atomic mass is 16.5. The van der Waals surface area contributed by atoms with Crippen molar-refractivity contribution >= 4 is 17.5 Å². The molecule has 0 aliphatic carbocycles. The molecule has 2 amide bonds. The van der Waals surface area contributed by atoms with E-state index in [1.54, 1.807) is 30.3 Å². The summed E-state index contributed by atoms with van der Waals surface area (Å²) < 4.78 is 5.03. The molecular formula is C23H31N5O3. The van der Waals surface area contributed by atoms with Gasteiger partial charge in [0.05, 0.1) is 29.1 Å². The molecule has 1 aromatic heterocycles. The highest BCUT2D eigenvalue weighted by molar-refractivity contribution is 6.11. The van der Waals surface area contributed by atoms with Crippen molar-refractivity contribution in [3.8, 4) is 11.3 Å². The Hall–Kier alpha value is -2.97. The van der Waals surface area contributed by atoms with Gasteiger partial charge in [0.2, 0.25) is 0 Å². The number of pyridine rings is 1. The Labute approximate surface area is 183 Å². The molecule has 1 aromatic carbocycles. The fraction of sp³-hybridized carbons (Fsp3) is 0.435. The van der Waals surface area contributed by atoms with Crippen molar-refractivity contribution in [3.05, 3.63) is 47.7 Å². The topological polar surface area (TPSA) is 95.6 Å². The van der Waals surface area contributed by atoms with Crippen LogP contribution in [0.2, 0.25) is 0 Å². The van der Waals surface area contributed by atoms with E-state index in [-0.39, 0.29) is 17.9 Å². The van der Waals surface area contributed by atoms with E-state index in [1.807, 2.05) is 32.0 Å². The molecule has 0 saturated carbocycles. The molecule has 0 radical (unpaired) electrons. The maximum Gasteiger partial charge on any atom is 0.255 e. The Balaban J connectivity index is 2.10. The zero-order chi connectivity index (χ0) is 22.2. The highest BCUT2D eigenvalue weighted by Crippen LogP contribution is 2.32. The highest BCUT2D eigenvalue weighted by Gasteiger charge is 2.27. The molecule has 31 heavy (non-hydrogen) atoms. The van der Waals surface area contributed by atoms with E-state index in [0.717, 1.165) is 18.8 Å². The van der Waals surface area contributed by atoms with Gasteiger partial charge in [-0.25, -0.2) is 0 Å². The fourth-order valence-corrected chi connectivity index (χ4v) is 3.60. The summed E-state index contributed by atoms with van der Waals surface area (Å²) in [5.74, 6) is -0.457. The van der Waals surface area contributed by atoms with Crippen molar-refractivity contribution < 1.29 is 14.3 Å². The SMILES string of the molecule is COCCNC(=O)c1cccc(-c2ncccc2NC(C)C)c1C(=O)N1CCNCC1. The number of rotatable bonds is 8. The molecule has 3 N–H and O–H groups in total. The predicted molar refractivity (Wildman–Crippen MR) is 121 cm³/mol. The first kappa shape index (κ1) is 22.7. The van der Waals surface area contributed by atoms with E-state index in [2.05, 4.69) is 20.9 Å². The Morgan fingerprint density at radius 2 is 1.97 bits per heavy atom. The fourth-order valence-electron chi connectivity index (χ4n) is 3.60. The van der Waals surface area contributed by atoms with Gasteiger partial charge in [0.25, 0.3) is 11.8 Å². The van der Waals surface area contributed by atoms with Crippen LogP contribution in [0.25, 0.3) is 11.3 Å². The average molecular weight is 426 g/mol. The van der Waals surface area contributed by atoms with E-state index in [4.69, 9.17) is 4.74 Å². The van der Waals surface area contributed by atoms with Crippen LogP contribution >= 0.6 is 0 Å². The molecule has 1 aliphatic rings. The minimum Gasteiger partial charge on any atom is -0.383 e. The van der Waals surface area contributed by atoms with Crippen LogP contribution in [0.3, 0.4) is 0 Å². The monoisotopic (exact) mass is 425 g/mol. The molecule has 2 aromatic rings. The Kier molecular flexibility index (Phi) is 7.97. The van der Waals surface area contributed by atoms with Crippen molar-refractivity contribution in [1.29, 1.82) is 0 Å². The van der Waals surface area contributed by atoms with Crippen LogP contribution in [0.5, 0.6) is 0 Å². The number of carbonyl (C=O) groups excluding carboxylic acids is 2. The van der Waals surface area contributed by atoms with Crippen molar-refractivity contribution in [2.75, 3.05) is 51.8 Å². The molecule has 1 saturated heterocycles. The van der Waals surface area contributed by atoms with Gasteiger partial charge in [-0.3, -0.25) is 14.6 Å². The Bertz CT molecular complexity index is 910. The summed E-state index contributed by atoms with van der Waals surface area (Å²) in [7, 11) is 1.58. The smallest absolute Gasteiger partial charge is 0.255 e. The lowest BCUT2D eigenvalue weighted by molar-refractivity contribution is 0.0730. The van der Waals surface area contributed by atoms with E-state index >= 15 is 0 Å². The second-order valence-electron chi connectivity index (χ2n) is 7.72. The third-order valence-corrected chi connectivity index (χ3v) is 5.03. The number of carbonyl (C=O) groups is 2. The number of nitrogens with zero attached hydrogens (tertiary/aromatic N) is 2. The molecule has 0 unspecified atom stereocenters. The van der Waals surface area contributed by atoms with E-state index < -0.39 is 0 Å². The molecule has 8 nitrogen and oxygen atoms in total. The van der Waals surface area contributed by atoms with Gasteiger partial charge in [0.1, 0.15) is 0 Å². The van der Waals surface area contributed by atoms with Crippen molar-refractivity contribution in [2.24, 2.45) is 0 Å². The van der Waals surface area contributed by atoms with Crippen LogP contribution < -0.4 is 16.0 Å². The minimum atomic E-state index is -0.299. The average Bonchev–Trinajstić information content (AvgIpc) is 2.79.